The Kier molecular flexibility index (Phi) is 6.21. The van der Waals surface area contributed by atoms with Gasteiger partial charge in [0.25, 0.3) is 0 Å². The lowest BCUT2D eigenvalue weighted by molar-refractivity contribution is 0.0983. The number of hydrogen-bond donors (Lipinski definition) is 2. The van der Waals surface area contributed by atoms with Crippen LogP contribution in [-0.4, -0.2) is 56.4 Å². The average Bonchev–Trinajstić information content (AvgIpc) is 3.08. The normalized spacial score (nSPS) is 14.7. The van der Waals surface area contributed by atoms with E-state index in [4.69, 9.17) is 9.72 Å². The van der Waals surface area contributed by atoms with Crippen molar-refractivity contribution in [1.29, 1.82) is 0 Å². The first-order chi connectivity index (χ1) is 15.4. The topological polar surface area (TPSA) is 92.5 Å². The van der Waals surface area contributed by atoms with Crippen LogP contribution < -0.4 is 5.32 Å². The summed E-state index contributed by atoms with van der Waals surface area (Å²) in [5.74, 6) is 0.932. The number of carbonyl (C=O) groups is 1. The quantitative estimate of drug-likeness (QED) is 0.623. The summed E-state index contributed by atoms with van der Waals surface area (Å²) >= 11 is 0. The molecule has 0 saturated carbocycles. The Morgan fingerprint density at radius 2 is 1.94 bits per heavy atom. The van der Waals surface area contributed by atoms with E-state index in [1.807, 2.05) is 13.8 Å². The zero-order chi connectivity index (χ0) is 22.8. The van der Waals surface area contributed by atoms with E-state index < -0.39 is 0 Å². The molecular weight excluding hydrogens is 406 g/mol. The summed E-state index contributed by atoms with van der Waals surface area (Å²) in [7, 11) is 0. The SMILES string of the molecule is CCOC(=O)N1CCC(Nc2nc3cc(C)cc(C)c3n2Cc2nc(C)ccc2O)CC1. The number of aryl methyl sites for hydroxylation is 3. The van der Waals surface area contributed by atoms with E-state index in [-0.39, 0.29) is 17.9 Å². The zero-order valence-corrected chi connectivity index (χ0v) is 19.2. The number of nitrogens with one attached hydrogen (secondary N) is 1. The second-order valence-electron chi connectivity index (χ2n) is 8.49. The molecule has 0 atom stereocenters. The third-order valence-electron chi connectivity index (χ3n) is 5.93. The minimum absolute atomic E-state index is 0.177. The van der Waals surface area contributed by atoms with Crippen LogP contribution in [-0.2, 0) is 11.3 Å². The highest BCUT2D eigenvalue weighted by atomic mass is 16.6. The first kappa shape index (κ1) is 21.9. The summed E-state index contributed by atoms with van der Waals surface area (Å²) in [5, 5.41) is 14.0. The minimum atomic E-state index is -0.245. The summed E-state index contributed by atoms with van der Waals surface area (Å²) in [5.41, 5.74) is 5.71. The molecule has 1 aromatic carbocycles. The fraction of sp³-hybridized carbons (Fsp3) is 0.458. The molecule has 1 aliphatic rings. The summed E-state index contributed by atoms with van der Waals surface area (Å²) in [6.45, 7) is 9.99. The maximum atomic E-state index is 12.0. The van der Waals surface area contributed by atoms with Gasteiger partial charge in [-0.25, -0.2) is 9.78 Å². The van der Waals surface area contributed by atoms with Crippen LogP contribution in [0.3, 0.4) is 0 Å². The number of piperidine rings is 1. The predicted molar refractivity (Wildman–Crippen MR) is 124 cm³/mol. The number of likely N-dealkylation sites (tertiary alicyclic amines) is 1. The van der Waals surface area contributed by atoms with Crippen molar-refractivity contribution in [3.63, 3.8) is 0 Å². The van der Waals surface area contributed by atoms with Crippen molar-refractivity contribution in [3.05, 3.63) is 46.8 Å². The highest BCUT2D eigenvalue weighted by Crippen LogP contribution is 2.28. The highest BCUT2D eigenvalue weighted by Gasteiger charge is 2.25. The molecule has 0 bridgehead atoms. The molecule has 2 N–H and O–H groups in total. The molecule has 0 spiro atoms. The molecule has 3 aromatic rings. The van der Waals surface area contributed by atoms with Crippen LogP contribution in [0.25, 0.3) is 11.0 Å². The number of nitrogens with zero attached hydrogens (tertiary/aromatic N) is 4. The number of imidazole rings is 1. The molecule has 3 heterocycles. The molecular formula is C24H31N5O3. The van der Waals surface area contributed by atoms with Gasteiger partial charge in [-0.1, -0.05) is 6.07 Å². The lowest BCUT2D eigenvalue weighted by atomic mass is 10.1. The van der Waals surface area contributed by atoms with E-state index in [2.05, 4.69) is 40.8 Å². The Bertz CT molecular complexity index is 1130. The van der Waals surface area contributed by atoms with Gasteiger partial charge >= 0.3 is 6.09 Å². The molecule has 2 aromatic heterocycles. The van der Waals surface area contributed by atoms with Crippen LogP contribution in [0.1, 0.15) is 42.3 Å². The first-order valence-electron chi connectivity index (χ1n) is 11.2. The van der Waals surface area contributed by atoms with E-state index in [0.29, 0.717) is 31.9 Å². The van der Waals surface area contributed by atoms with Crippen molar-refractivity contribution in [2.24, 2.45) is 0 Å². The summed E-state index contributed by atoms with van der Waals surface area (Å²) in [4.78, 5) is 23.2. The Labute approximate surface area is 188 Å². The van der Waals surface area contributed by atoms with Gasteiger partial charge in [-0.2, -0.15) is 0 Å². The number of aromatic hydroxyl groups is 1. The monoisotopic (exact) mass is 437 g/mol. The number of rotatable bonds is 5. The summed E-state index contributed by atoms with van der Waals surface area (Å²) in [6, 6.07) is 7.90. The predicted octanol–water partition coefficient (Wildman–Crippen LogP) is 4.14. The van der Waals surface area contributed by atoms with Crippen molar-refractivity contribution < 1.29 is 14.6 Å². The van der Waals surface area contributed by atoms with E-state index in [1.165, 1.54) is 0 Å². The van der Waals surface area contributed by atoms with Crippen LogP contribution in [0.5, 0.6) is 5.75 Å². The van der Waals surface area contributed by atoms with Crippen LogP contribution in [0.2, 0.25) is 0 Å². The Morgan fingerprint density at radius 1 is 1.19 bits per heavy atom. The largest absolute Gasteiger partial charge is 0.506 e. The summed E-state index contributed by atoms with van der Waals surface area (Å²) < 4.78 is 7.23. The molecule has 4 rings (SSSR count). The second kappa shape index (κ2) is 9.06. The molecule has 0 aliphatic carbocycles. The molecule has 1 fully saturated rings. The molecule has 0 unspecified atom stereocenters. The Hall–Kier alpha value is -3.29. The molecule has 1 amide bonds. The van der Waals surface area contributed by atoms with Gasteiger partial charge in [0.2, 0.25) is 5.95 Å². The van der Waals surface area contributed by atoms with Crippen LogP contribution in [0.15, 0.2) is 24.3 Å². The number of ether oxygens (including phenoxy) is 1. The number of hydrogen-bond acceptors (Lipinski definition) is 6. The van der Waals surface area contributed by atoms with Crippen molar-refractivity contribution in [2.75, 3.05) is 25.0 Å². The molecule has 170 valence electrons. The molecule has 1 aliphatic heterocycles. The number of carbonyl (C=O) groups excluding carboxylic acids is 1. The average molecular weight is 438 g/mol. The van der Waals surface area contributed by atoms with Gasteiger partial charge in [-0.05, 0) is 69.9 Å². The molecule has 32 heavy (non-hydrogen) atoms. The van der Waals surface area contributed by atoms with E-state index in [1.54, 1.807) is 17.0 Å². The van der Waals surface area contributed by atoms with Gasteiger partial charge in [0, 0.05) is 24.8 Å². The van der Waals surface area contributed by atoms with Crippen molar-refractivity contribution >= 4 is 23.1 Å². The van der Waals surface area contributed by atoms with Gasteiger partial charge in [0.1, 0.15) is 11.4 Å². The van der Waals surface area contributed by atoms with Crippen LogP contribution in [0.4, 0.5) is 10.7 Å². The third-order valence-corrected chi connectivity index (χ3v) is 5.93. The maximum absolute atomic E-state index is 12.0. The lowest BCUT2D eigenvalue weighted by Gasteiger charge is -2.32. The Balaban J connectivity index is 1.63. The number of amides is 1. The lowest BCUT2D eigenvalue weighted by Crippen LogP contribution is -2.42. The van der Waals surface area contributed by atoms with E-state index in [9.17, 15) is 9.90 Å². The molecule has 0 radical (unpaired) electrons. The smallest absolute Gasteiger partial charge is 0.409 e. The number of benzene rings is 1. The van der Waals surface area contributed by atoms with Gasteiger partial charge in [0.15, 0.2) is 0 Å². The minimum Gasteiger partial charge on any atom is -0.506 e. The van der Waals surface area contributed by atoms with Crippen molar-refractivity contribution in [3.8, 4) is 5.75 Å². The third kappa shape index (κ3) is 4.49. The fourth-order valence-electron chi connectivity index (χ4n) is 4.39. The standard InChI is InChI=1S/C24H31N5O3/c1-5-32-24(31)28-10-8-18(9-11-28)26-23-27-19-13-15(2)12-16(3)22(19)29(23)14-20-21(30)7-6-17(4)25-20/h6-7,12-13,18,30H,5,8-11,14H2,1-4H3,(H,26,27). The maximum Gasteiger partial charge on any atom is 0.409 e. The van der Waals surface area contributed by atoms with Crippen LogP contribution in [0, 0.1) is 20.8 Å². The van der Waals surface area contributed by atoms with Gasteiger partial charge < -0.3 is 24.6 Å². The first-order valence-corrected chi connectivity index (χ1v) is 11.2. The number of aromatic nitrogens is 3. The highest BCUT2D eigenvalue weighted by molar-refractivity contribution is 5.83. The van der Waals surface area contributed by atoms with Crippen molar-refractivity contribution in [1.82, 2.24) is 19.4 Å². The second-order valence-corrected chi connectivity index (χ2v) is 8.49. The number of pyridine rings is 1. The number of anilines is 1. The van der Waals surface area contributed by atoms with Crippen molar-refractivity contribution in [2.45, 2.75) is 53.1 Å². The van der Waals surface area contributed by atoms with Gasteiger partial charge in [-0.15, -0.1) is 0 Å². The van der Waals surface area contributed by atoms with E-state index in [0.717, 1.165) is 46.6 Å². The molecule has 8 heteroatoms. The Morgan fingerprint density at radius 3 is 2.66 bits per heavy atom. The molecule has 8 nitrogen and oxygen atoms in total. The molecule has 1 saturated heterocycles. The number of fused-ring (bicyclic) bond motifs is 1. The van der Waals surface area contributed by atoms with Crippen LogP contribution >= 0.6 is 0 Å². The summed E-state index contributed by atoms with van der Waals surface area (Å²) in [6.07, 6.45) is 1.38. The fourth-order valence-corrected chi connectivity index (χ4v) is 4.39. The van der Waals surface area contributed by atoms with E-state index >= 15 is 0 Å². The van der Waals surface area contributed by atoms with Gasteiger partial charge in [0.05, 0.1) is 24.2 Å². The van der Waals surface area contributed by atoms with Gasteiger partial charge in [-0.3, -0.25) is 4.98 Å². The zero-order valence-electron chi connectivity index (χ0n) is 19.2.